The number of ether oxygens (including phenoxy) is 1. The number of fused-ring (bicyclic) bond motifs is 1. The number of hydrogen-bond donors (Lipinski definition) is 1. The van der Waals surface area contributed by atoms with Gasteiger partial charge in [0.2, 0.25) is 0 Å². The molecular formula is C21H23ClN4O4. The molecule has 8 nitrogen and oxygen atoms in total. The molecule has 0 bridgehead atoms. The van der Waals surface area contributed by atoms with Gasteiger partial charge in [0.15, 0.2) is 11.1 Å². The highest BCUT2D eigenvalue weighted by Crippen LogP contribution is 2.29. The fourth-order valence-electron chi connectivity index (χ4n) is 3.72. The van der Waals surface area contributed by atoms with E-state index in [0.29, 0.717) is 23.2 Å². The van der Waals surface area contributed by atoms with E-state index < -0.39 is 4.92 Å². The molecule has 1 saturated heterocycles. The molecule has 4 rings (SSSR count). The lowest BCUT2D eigenvalue weighted by atomic mass is 10.0. The number of para-hydroxylation sites is 1. The Bertz CT molecular complexity index is 1050. The van der Waals surface area contributed by atoms with Gasteiger partial charge in [-0.1, -0.05) is 23.7 Å². The van der Waals surface area contributed by atoms with Gasteiger partial charge in [-0.2, -0.15) is 4.98 Å². The fourth-order valence-corrected chi connectivity index (χ4v) is 3.90. The number of nitro groups is 1. The quantitative estimate of drug-likeness (QED) is 0.422. The predicted molar refractivity (Wildman–Crippen MR) is 115 cm³/mol. The first-order valence-corrected chi connectivity index (χ1v) is 10.4. The number of nitrogens with one attached hydrogen (secondary N) is 1. The average Bonchev–Trinajstić information content (AvgIpc) is 3.14. The summed E-state index contributed by atoms with van der Waals surface area (Å²) in [7, 11) is 0. The largest absolute Gasteiger partial charge is 0.492 e. The van der Waals surface area contributed by atoms with Crippen molar-refractivity contribution in [3.8, 4) is 5.75 Å². The van der Waals surface area contributed by atoms with Crippen LogP contribution in [0.3, 0.4) is 0 Å². The fraction of sp³-hybridized carbons (Fsp3) is 0.381. The number of non-ortho nitro benzene ring substituents is 1. The number of piperidine rings is 1. The lowest BCUT2D eigenvalue weighted by Crippen LogP contribution is -2.38. The van der Waals surface area contributed by atoms with Crippen molar-refractivity contribution in [3.05, 3.63) is 57.1 Å². The summed E-state index contributed by atoms with van der Waals surface area (Å²) in [5.74, 6) is 0.721. The van der Waals surface area contributed by atoms with Crippen LogP contribution in [0.1, 0.15) is 25.3 Å². The molecule has 1 aliphatic rings. The van der Waals surface area contributed by atoms with E-state index in [4.69, 9.17) is 20.8 Å². The van der Waals surface area contributed by atoms with Crippen LogP contribution in [0, 0.1) is 10.1 Å². The Morgan fingerprint density at radius 1 is 1.33 bits per heavy atom. The molecule has 2 aromatic carbocycles. The zero-order valence-corrected chi connectivity index (χ0v) is 17.4. The number of benzene rings is 2. The highest BCUT2D eigenvalue weighted by molar-refractivity contribution is 6.32. The van der Waals surface area contributed by atoms with Gasteiger partial charge in [-0.25, -0.2) is 0 Å². The molecule has 158 valence electrons. The molecule has 1 fully saturated rings. The summed E-state index contributed by atoms with van der Waals surface area (Å²) in [4.78, 5) is 17.4. The number of aromatic nitrogens is 1. The molecule has 0 radical (unpaired) electrons. The lowest BCUT2D eigenvalue weighted by Gasteiger charge is -2.32. The summed E-state index contributed by atoms with van der Waals surface area (Å²) in [6.07, 6.45) is 1.85. The first-order valence-electron chi connectivity index (χ1n) is 9.97. The maximum Gasteiger partial charge on any atom is 0.298 e. The molecular weight excluding hydrogens is 408 g/mol. The standard InChI is InChI=1S/C21H23ClN4O4/c1-2-29-19-12-14(6-7-16(19)22)13-25-10-8-15(9-11-25)23-21-24-20-17(26(27)28)4-3-5-18(20)30-21/h3-7,12,15H,2,8-11,13H2,1H3,(H,23,24). The van der Waals surface area contributed by atoms with Crippen molar-refractivity contribution >= 4 is 34.4 Å². The maximum absolute atomic E-state index is 11.2. The smallest absolute Gasteiger partial charge is 0.298 e. The first kappa shape index (κ1) is 20.4. The first-order chi connectivity index (χ1) is 14.5. The number of halogens is 1. The van der Waals surface area contributed by atoms with E-state index >= 15 is 0 Å². The molecule has 3 aromatic rings. The van der Waals surface area contributed by atoms with E-state index in [1.165, 1.54) is 11.6 Å². The van der Waals surface area contributed by atoms with E-state index in [1.54, 1.807) is 12.1 Å². The van der Waals surface area contributed by atoms with Gasteiger partial charge in [0.05, 0.1) is 16.6 Å². The van der Waals surface area contributed by atoms with Crippen molar-refractivity contribution in [1.82, 2.24) is 9.88 Å². The van der Waals surface area contributed by atoms with Crippen LogP contribution in [-0.4, -0.2) is 40.5 Å². The third-order valence-corrected chi connectivity index (χ3v) is 5.52. The van der Waals surface area contributed by atoms with E-state index in [2.05, 4.69) is 15.2 Å². The predicted octanol–water partition coefficient (Wildman–Crippen LogP) is 4.86. The normalized spacial score (nSPS) is 15.4. The number of nitrogens with zero attached hydrogens (tertiary/aromatic N) is 3. The average molecular weight is 431 g/mol. The Morgan fingerprint density at radius 3 is 2.87 bits per heavy atom. The highest BCUT2D eigenvalue weighted by Gasteiger charge is 2.23. The van der Waals surface area contributed by atoms with Gasteiger partial charge < -0.3 is 14.5 Å². The minimum atomic E-state index is -0.444. The van der Waals surface area contributed by atoms with Crippen LogP contribution in [0.2, 0.25) is 5.02 Å². The molecule has 0 amide bonds. The highest BCUT2D eigenvalue weighted by atomic mass is 35.5. The number of anilines is 1. The van der Waals surface area contributed by atoms with Crippen molar-refractivity contribution < 1.29 is 14.1 Å². The molecule has 9 heteroatoms. The van der Waals surface area contributed by atoms with Gasteiger partial charge in [0, 0.05) is 31.7 Å². The van der Waals surface area contributed by atoms with Crippen LogP contribution >= 0.6 is 11.6 Å². The van der Waals surface area contributed by atoms with Crippen molar-refractivity contribution in [2.75, 3.05) is 25.0 Å². The molecule has 30 heavy (non-hydrogen) atoms. The summed E-state index contributed by atoms with van der Waals surface area (Å²) < 4.78 is 11.2. The van der Waals surface area contributed by atoms with Gasteiger partial charge in [-0.15, -0.1) is 0 Å². The van der Waals surface area contributed by atoms with Crippen molar-refractivity contribution in [1.29, 1.82) is 0 Å². The molecule has 0 unspecified atom stereocenters. The van der Waals surface area contributed by atoms with Gasteiger partial charge in [-0.05, 0) is 43.5 Å². The summed E-state index contributed by atoms with van der Waals surface area (Å²) >= 11 is 6.17. The van der Waals surface area contributed by atoms with Crippen molar-refractivity contribution in [2.24, 2.45) is 0 Å². The number of likely N-dealkylation sites (tertiary alicyclic amines) is 1. The van der Waals surface area contributed by atoms with Crippen LogP contribution in [-0.2, 0) is 6.54 Å². The van der Waals surface area contributed by atoms with E-state index in [1.807, 2.05) is 25.1 Å². The van der Waals surface area contributed by atoms with E-state index in [9.17, 15) is 10.1 Å². The van der Waals surface area contributed by atoms with Crippen LogP contribution in [0.25, 0.3) is 11.1 Å². The SMILES string of the molecule is CCOc1cc(CN2CCC(Nc3nc4c([N+](=O)[O-])cccc4o3)CC2)ccc1Cl. The van der Waals surface area contributed by atoms with Crippen LogP contribution in [0.4, 0.5) is 11.7 Å². The van der Waals surface area contributed by atoms with Crippen LogP contribution in [0.15, 0.2) is 40.8 Å². The van der Waals surface area contributed by atoms with E-state index in [0.717, 1.165) is 38.2 Å². The zero-order valence-electron chi connectivity index (χ0n) is 16.6. The second kappa shape index (κ2) is 8.89. The number of rotatable bonds is 7. The Hall–Kier alpha value is -2.84. The van der Waals surface area contributed by atoms with Gasteiger partial charge >= 0.3 is 0 Å². The third kappa shape index (κ3) is 4.49. The Labute approximate surface area is 178 Å². The summed E-state index contributed by atoms with van der Waals surface area (Å²) in [6, 6.07) is 11.2. The molecule has 0 saturated carbocycles. The topological polar surface area (TPSA) is 93.7 Å². The monoisotopic (exact) mass is 430 g/mol. The molecule has 0 aliphatic carbocycles. The molecule has 1 aromatic heterocycles. The summed E-state index contributed by atoms with van der Waals surface area (Å²) in [5, 5.41) is 15.1. The van der Waals surface area contributed by atoms with Crippen LogP contribution in [0.5, 0.6) is 5.75 Å². The van der Waals surface area contributed by atoms with Gasteiger partial charge in [0.25, 0.3) is 11.7 Å². The summed E-state index contributed by atoms with van der Waals surface area (Å²) in [5.41, 5.74) is 1.81. The van der Waals surface area contributed by atoms with E-state index in [-0.39, 0.29) is 17.2 Å². The zero-order chi connectivity index (χ0) is 21.1. The molecule has 0 atom stereocenters. The molecule has 2 heterocycles. The van der Waals surface area contributed by atoms with Crippen molar-refractivity contribution in [2.45, 2.75) is 32.4 Å². The minimum Gasteiger partial charge on any atom is -0.492 e. The summed E-state index contributed by atoms with van der Waals surface area (Å²) in [6.45, 7) is 5.20. The van der Waals surface area contributed by atoms with Gasteiger partial charge in [-0.3, -0.25) is 15.0 Å². The van der Waals surface area contributed by atoms with Crippen molar-refractivity contribution in [3.63, 3.8) is 0 Å². The van der Waals surface area contributed by atoms with Crippen LogP contribution < -0.4 is 10.1 Å². The second-order valence-corrected chi connectivity index (χ2v) is 7.70. The van der Waals surface area contributed by atoms with Gasteiger partial charge in [0.1, 0.15) is 5.75 Å². The maximum atomic E-state index is 11.2. The molecule has 1 N–H and O–H groups in total. The Morgan fingerprint density at radius 2 is 2.13 bits per heavy atom. The minimum absolute atomic E-state index is 0.0477. The number of oxazole rings is 1. The Balaban J connectivity index is 1.35. The Kier molecular flexibility index (Phi) is 6.06. The lowest BCUT2D eigenvalue weighted by molar-refractivity contribution is -0.383. The molecule has 1 aliphatic heterocycles. The number of nitro benzene ring substituents is 1. The number of hydrogen-bond acceptors (Lipinski definition) is 7. The third-order valence-electron chi connectivity index (χ3n) is 5.21. The molecule has 0 spiro atoms. The second-order valence-electron chi connectivity index (χ2n) is 7.29.